The first-order chi connectivity index (χ1) is 19.2. The largest absolute Gasteiger partial charge is 0.416 e. The molecule has 4 heterocycles. The lowest BCUT2D eigenvalue weighted by molar-refractivity contribution is -0.143. The number of alkyl halides is 6. The number of anilines is 1. The van der Waals surface area contributed by atoms with Gasteiger partial charge in [0.15, 0.2) is 0 Å². The Morgan fingerprint density at radius 2 is 1.63 bits per heavy atom. The lowest BCUT2D eigenvalue weighted by Crippen LogP contribution is -2.38. The van der Waals surface area contributed by atoms with Gasteiger partial charge in [0, 0.05) is 55.9 Å². The molecular formula is C25H21BF6N6O2S. The molecule has 8 nitrogen and oxygen atoms in total. The first kappa shape index (κ1) is 28.9. The van der Waals surface area contributed by atoms with Crippen molar-refractivity contribution < 1.29 is 34.8 Å². The Morgan fingerprint density at radius 3 is 2.22 bits per heavy atom. The van der Waals surface area contributed by atoms with E-state index in [0.717, 1.165) is 9.87 Å². The minimum Gasteiger partial charge on any atom is -0.366 e. The van der Waals surface area contributed by atoms with Crippen LogP contribution < -0.4 is 10.8 Å². The monoisotopic (exact) mass is 594 g/mol. The fourth-order valence-corrected chi connectivity index (χ4v) is 6.19. The molecule has 4 aromatic rings. The fourth-order valence-electron chi connectivity index (χ4n) is 4.65. The maximum Gasteiger partial charge on any atom is 0.416 e. The first-order valence-corrected chi connectivity index (χ1v) is 13.7. The number of pyridine rings is 1. The van der Waals surface area contributed by atoms with Crippen LogP contribution in [0.25, 0.3) is 5.65 Å². The summed E-state index contributed by atoms with van der Waals surface area (Å²) < 4.78 is 109. The second-order valence-electron chi connectivity index (χ2n) is 9.54. The van der Waals surface area contributed by atoms with Gasteiger partial charge in [0.1, 0.15) is 19.3 Å². The van der Waals surface area contributed by atoms with Crippen LogP contribution in [0.4, 0.5) is 32.2 Å². The quantitative estimate of drug-likeness (QED) is 0.267. The van der Waals surface area contributed by atoms with Crippen LogP contribution in [0.2, 0.25) is 0 Å². The molecule has 214 valence electrons. The highest BCUT2D eigenvalue weighted by atomic mass is 32.2. The summed E-state index contributed by atoms with van der Waals surface area (Å²) in [5.41, 5.74) is -1.18. The van der Waals surface area contributed by atoms with Gasteiger partial charge >= 0.3 is 12.4 Å². The molecule has 1 fully saturated rings. The van der Waals surface area contributed by atoms with Gasteiger partial charge in [0.25, 0.3) is 0 Å². The van der Waals surface area contributed by atoms with E-state index in [1.54, 1.807) is 24.5 Å². The summed E-state index contributed by atoms with van der Waals surface area (Å²) in [6.45, 7) is 0.148. The number of nitrogens with one attached hydrogen (secondary N) is 1. The standard InChI is InChI=1S/C25H21BF6N6O2S/c26-20-14-35-38-22(34-13-15-2-1-5-33-12-15)11-21(36-23(20)38)16-3-6-37(7-4-16)41(39,40)19-9-17(24(27,28)29)8-18(10-19)25(30,31)32/h1-2,5,8-12,14,16,34H,3-4,6-7,13H2. The zero-order valence-corrected chi connectivity index (χ0v) is 21.9. The Morgan fingerprint density at radius 1 is 0.976 bits per heavy atom. The van der Waals surface area contributed by atoms with Crippen molar-refractivity contribution >= 4 is 34.8 Å². The number of fused-ring (bicyclic) bond motifs is 1. The number of rotatable bonds is 6. The maximum absolute atomic E-state index is 13.3. The predicted molar refractivity (Wildman–Crippen MR) is 137 cm³/mol. The lowest BCUT2D eigenvalue weighted by Gasteiger charge is -2.31. The van der Waals surface area contributed by atoms with E-state index in [1.165, 1.54) is 10.7 Å². The minimum absolute atomic E-state index is 0.102. The van der Waals surface area contributed by atoms with Crippen molar-refractivity contribution in [2.45, 2.75) is 42.6 Å². The third-order valence-electron chi connectivity index (χ3n) is 6.79. The average Bonchev–Trinajstić information content (AvgIpc) is 3.31. The second kappa shape index (κ2) is 10.6. The summed E-state index contributed by atoms with van der Waals surface area (Å²) in [7, 11) is 1.40. The number of piperidine rings is 1. The van der Waals surface area contributed by atoms with Crippen LogP contribution in [-0.4, -0.2) is 53.2 Å². The van der Waals surface area contributed by atoms with E-state index in [4.69, 9.17) is 7.85 Å². The third kappa shape index (κ3) is 6.03. The van der Waals surface area contributed by atoms with Crippen molar-refractivity contribution in [1.82, 2.24) is 23.9 Å². The molecule has 0 unspecified atom stereocenters. The van der Waals surface area contributed by atoms with E-state index < -0.39 is 38.4 Å². The molecule has 0 aliphatic carbocycles. The normalized spacial score (nSPS) is 15.9. The molecule has 16 heteroatoms. The molecule has 1 aliphatic rings. The second-order valence-corrected chi connectivity index (χ2v) is 11.5. The van der Waals surface area contributed by atoms with Crippen LogP contribution in [0.15, 0.2) is 59.9 Å². The van der Waals surface area contributed by atoms with Crippen LogP contribution in [0.5, 0.6) is 0 Å². The SMILES string of the molecule is [B]c1cnn2c(NCc3cccnc3)cc(C3CCN(S(=O)(=O)c4cc(C(F)(F)F)cc(C(F)(F)F)c4)CC3)nc12. The summed E-state index contributed by atoms with van der Waals surface area (Å²) in [5, 5.41) is 7.51. The van der Waals surface area contributed by atoms with Gasteiger partial charge in [-0.15, -0.1) is 0 Å². The number of sulfonamides is 1. The van der Waals surface area contributed by atoms with Gasteiger partial charge < -0.3 is 5.32 Å². The summed E-state index contributed by atoms with van der Waals surface area (Å²) in [4.78, 5) is 7.62. The lowest BCUT2D eigenvalue weighted by atomic mass is 9.94. The van der Waals surface area contributed by atoms with E-state index in [0.29, 0.717) is 29.2 Å². The van der Waals surface area contributed by atoms with E-state index in [2.05, 4.69) is 20.4 Å². The van der Waals surface area contributed by atoms with E-state index in [1.807, 2.05) is 6.07 Å². The van der Waals surface area contributed by atoms with Crippen molar-refractivity contribution in [2.75, 3.05) is 18.4 Å². The third-order valence-corrected chi connectivity index (χ3v) is 8.66. The number of hydrogen-bond donors (Lipinski definition) is 1. The topological polar surface area (TPSA) is 92.5 Å². The van der Waals surface area contributed by atoms with Crippen LogP contribution in [0.3, 0.4) is 0 Å². The predicted octanol–water partition coefficient (Wildman–Crippen LogP) is 4.14. The molecule has 0 bridgehead atoms. The van der Waals surface area contributed by atoms with E-state index in [-0.39, 0.29) is 50.0 Å². The van der Waals surface area contributed by atoms with E-state index >= 15 is 0 Å². The molecule has 3 aromatic heterocycles. The van der Waals surface area contributed by atoms with Gasteiger partial charge in [-0.3, -0.25) is 4.98 Å². The van der Waals surface area contributed by atoms with Crippen LogP contribution in [0, 0.1) is 0 Å². The Balaban J connectivity index is 1.38. The molecule has 1 saturated heterocycles. The zero-order valence-electron chi connectivity index (χ0n) is 21.1. The molecule has 1 aromatic carbocycles. The smallest absolute Gasteiger partial charge is 0.366 e. The molecule has 0 spiro atoms. The van der Waals surface area contributed by atoms with Crippen LogP contribution >= 0.6 is 0 Å². The Hall–Kier alpha value is -3.66. The van der Waals surface area contributed by atoms with Gasteiger partial charge in [0.05, 0.1) is 16.0 Å². The summed E-state index contributed by atoms with van der Waals surface area (Å²) in [5.74, 6) is 0.316. The Labute approximate surface area is 231 Å². The molecule has 0 amide bonds. The highest BCUT2D eigenvalue weighted by molar-refractivity contribution is 7.89. The molecular weight excluding hydrogens is 573 g/mol. The number of benzene rings is 1. The van der Waals surface area contributed by atoms with Gasteiger partial charge in [0.2, 0.25) is 10.0 Å². The Kier molecular flexibility index (Phi) is 7.48. The first-order valence-electron chi connectivity index (χ1n) is 12.3. The van der Waals surface area contributed by atoms with E-state index in [9.17, 15) is 34.8 Å². The van der Waals surface area contributed by atoms with Crippen molar-refractivity contribution in [3.05, 3.63) is 77.4 Å². The van der Waals surface area contributed by atoms with Crippen molar-refractivity contribution in [3.63, 3.8) is 0 Å². The zero-order chi connectivity index (χ0) is 29.6. The van der Waals surface area contributed by atoms with Gasteiger partial charge in [-0.2, -0.15) is 40.3 Å². The number of halogens is 6. The van der Waals surface area contributed by atoms with Gasteiger partial charge in [-0.05, 0) is 48.1 Å². The molecule has 1 aliphatic heterocycles. The van der Waals surface area contributed by atoms with Crippen molar-refractivity contribution in [3.8, 4) is 0 Å². The summed E-state index contributed by atoms with van der Waals surface area (Å²) >= 11 is 0. The van der Waals surface area contributed by atoms with Crippen LogP contribution in [-0.2, 0) is 28.9 Å². The highest BCUT2D eigenvalue weighted by Crippen LogP contribution is 2.39. The molecule has 0 atom stereocenters. The highest BCUT2D eigenvalue weighted by Gasteiger charge is 2.40. The molecule has 1 N–H and O–H groups in total. The molecule has 41 heavy (non-hydrogen) atoms. The molecule has 5 rings (SSSR count). The summed E-state index contributed by atoms with van der Waals surface area (Å²) in [6, 6.07) is 5.79. The van der Waals surface area contributed by atoms with Crippen molar-refractivity contribution in [2.24, 2.45) is 0 Å². The molecule has 2 radical (unpaired) electrons. The maximum atomic E-state index is 13.3. The van der Waals surface area contributed by atoms with Crippen molar-refractivity contribution in [1.29, 1.82) is 0 Å². The number of nitrogens with zero attached hydrogens (tertiary/aromatic N) is 5. The number of aromatic nitrogens is 4. The number of hydrogen-bond acceptors (Lipinski definition) is 6. The Bertz CT molecular complexity index is 1640. The molecule has 0 saturated carbocycles. The average molecular weight is 594 g/mol. The minimum atomic E-state index is -5.17. The van der Waals surface area contributed by atoms with Gasteiger partial charge in [-0.1, -0.05) is 6.07 Å². The van der Waals surface area contributed by atoms with Gasteiger partial charge in [-0.25, -0.2) is 13.4 Å². The van der Waals surface area contributed by atoms with Crippen LogP contribution in [0.1, 0.15) is 41.1 Å². The summed E-state index contributed by atoms with van der Waals surface area (Å²) in [6.07, 6.45) is -5.09. The fraction of sp³-hybridized carbons (Fsp3) is 0.320.